The van der Waals surface area contributed by atoms with Gasteiger partial charge in [-0.1, -0.05) is 36.4 Å². The molecule has 180 valence electrons. The van der Waals surface area contributed by atoms with E-state index in [1.54, 1.807) is 35.0 Å². The summed E-state index contributed by atoms with van der Waals surface area (Å²) < 4.78 is 6.76. The van der Waals surface area contributed by atoms with Crippen LogP contribution in [0.4, 0.5) is 11.5 Å². The van der Waals surface area contributed by atoms with Crippen LogP contribution in [0.25, 0.3) is 27.7 Å². The van der Waals surface area contributed by atoms with Gasteiger partial charge >= 0.3 is 11.7 Å². The lowest BCUT2D eigenvalue weighted by atomic mass is 10.0. The van der Waals surface area contributed by atoms with E-state index in [4.69, 9.17) is 9.84 Å². The number of H-pyrrole nitrogens is 2. The third-order valence-electron chi connectivity index (χ3n) is 6.02. The average molecular weight is 482 g/mol. The summed E-state index contributed by atoms with van der Waals surface area (Å²) in [6.07, 6.45) is 0. The predicted octanol–water partition coefficient (Wildman–Crippen LogP) is 4.22. The Balaban J connectivity index is 1.77. The number of carbonyl (C=O) groups excluding carboxylic acids is 1. The lowest BCUT2D eigenvalue weighted by Gasteiger charge is -2.16. The molecule has 0 radical (unpaired) electrons. The van der Waals surface area contributed by atoms with Gasteiger partial charge in [-0.15, -0.1) is 0 Å². The molecule has 2 heterocycles. The van der Waals surface area contributed by atoms with E-state index in [0.717, 1.165) is 22.4 Å². The second kappa shape index (κ2) is 9.03. The van der Waals surface area contributed by atoms with Crippen molar-refractivity contribution in [2.45, 2.75) is 13.8 Å². The van der Waals surface area contributed by atoms with Crippen molar-refractivity contribution >= 4 is 28.4 Å². The monoisotopic (exact) mass is 481 g/mol. The maximum absolute atomic E-state index is 12.5. The van der Waals surface area contributed by atoms with Gasteiger partial charge in [0.05, 0.1) is 40.6 Å². The van der Waals surface area contributed by atoms with Crippen molar-refractivity contribution in [3.8, 4) is 16.8 Å². The Morgan fingerprint density at radius 3 is 2.50 bits per heavy atom. The third kappa shape index (κ3) is 3.96. The van der Waals surface area contributed by atoms with Gasteiger partial charge in [0, 0.05) is 5.56 Å². The van der Waals surface area contributed by atoms with Gasteiger partial charge in [0.1, 0.15) is 5.82 Å². The van der Waals surface area contributed by atoms with Gasteiger partial charge in [-0.25, -0.2) is 14.3 Å². The molecule has 2 aromatic heterocycles. The van der Waals surface area contributed by atoms with E-state index in [9.17, 15) is 14.4 Å². The minimum absolute atomic E-state index is 0.344. The molecular formula is C27H23N5O4. The van der Waals surface area contributed by atoms with Crippen LogP contribution in [-0.4, -0.2) is 32.8 Å². The Morgan fingerprint density at radius 2 is 1.72 bits per heavy atom. The van der Waals surface area contributed by atoms with Crippen LogP contribution in [0.5, 0.6) is 0 Å². The van der Waals surface area contributed by atoms with Crippen molar-refractivity contribution in [2.24, 2.45) is 0 Å². The fraction of sp³-hybridized carbons (Fsp3) is 0.111. The fourth-order valence-corrected chi connectivity index (χ4v) is 4.29. The minimum atomic E-state index is -0.564. The second-order valence-electron chi connectivity index (χ2n) is 8.34. The molecule has 0 aliphatic carbocycles. The molecule has 0 bridgehead atoms. The van der Waals surface area contributed by atoms with Crippen LogP contribution in [0.3, 0.4) is 0 Å². The number of methoxy groups -OCH3 is 1. The molecule has 0 saturated heterocycles. The lowest BCUT2D eigenvalue weighted by molar-refractivity contribution is 0.0602. The Kier molecular flexibility index (Phi) is 5.73. The number of nitrogens with one attached hydrogen (secondary N) is 3. The molecule has 0 aliphatic rings. The first-order valence-electron chi connectivity index (χ1n) is 11.2. The number of anilines is 2. The van der Waals surface area contributed by atoms with Gasteiger partial charge in [-0.05, 0) is 55.3 Å². The van der Waals surface area contributed by atoms with Crippen LogP contribution >= 0.6 is 0 Å². The molecule has 0 fully saturated rings. The average Bonchev–Trinajstić information content (AvgIpc) is 3.19. The molecule has 3 N–H and O–H groups in total. The Morgan fingerprint density at radius 1 is 0.972 bits per heavy atom. The summed E-state index contributed by atoms with van der Waals surface area (Å²) in [5.74, 6) is 0.137. The Bertz CT molecular complexity index is 1750. The highest BCUT2D eigenvalue weighted by molar-refractivity contribution is 5.97. The summed E-state index contributed by atoms with van der Waals surface area (Å²) in [4.78, 5) is 41.6. The van der Waals surface area contributed by atoms with Crippen LogP contribution < -0.4 is 16.6 Å². The van der Waals surface area contributed by atoms with Gasteiger partial charge < -0.3 is 15.0 Å². The van der Waals surface area contributed by atoms with Gasteiger partial charge in [-0.3, -0.25) is 9.78 Å². The number of aryl methyl sites for hydroxylation is 2. The summed E-state index contributed by atoms with van der Waals surface area (Å²) in [7, 11) is 1.34. The number of hydrogen-bond donors (Lipinski definition) is 3. The van der Waals surface area contributed by atoms with E-state index in [1.807, 2.05) is 50.2 Å². The summed E-state index contributed by atoms with van der Waals surface area (Å²) in [6, 6.07) is 20.1. The zero-order chi connectivity index (χ0) is 25.4. The van der Waals surface area contributed by atoms with Gasteiger partial charge in [-0.2, -0.15) is 5.10 Å². The summed E-state index contributed by atoms with van der Waals surface area (Å²) >= 11 is 0. The first-order chi connectivity index (χ1) is 17.4. The number of esters is 1. The molecule has 0 saturated carbocycles. The zero-order valence-corrected chi connectivity index (χ0v) is 19.9. The van der Waals surface area contributed by atoms with Crippen molar-refractivity contribution in [3.63, 3.8) is 0 Å². The molecule has 0 amide bonds. The molecule has 0 atom stereocenters. The molecule has 0 aliphatic heterocycles. The summed E-state index contributed by atoms with van der Waals surface area (Å²) in [5, 5.41) is 8.56. The number of nitrogens with zero attached hydrogens (tertiary/aromatic N) is 2. The first-order valence-corrected chi connectivity index (χ1v) is 11.2. The van der Waals surface area contributed by atoms with Crippen molar-refractivity contribution in [3.05, 3.63) is 104 Å². The van der Waals surface area contributed by atoms with Crippen LogP contribution in [0, 0.1) is 13.8 Å². The van der Waals surface area contributed by atoms with Crippen molar-refractivity contribution in [1.82, 2.24) is 19.7 Å². The highest BCUT2D eigenvalue weighted by Gasteiger charge is 2.22. The predicted molar refractivity (Wildman–Crippen MR) is 138 cm³/mol. The molecule has 9 heteroatoms. The normalized spacial score (nSPS) is 11.0. The topological polar surface area (TPSA) is 122 Å². The number of ether oxygens (including phenoxy) is 1. The number of para-hydroxylation sites is 2. The summed E-state index contributed by atoms with van der Waals surface area (Å²) in [5.41, 5.74) is 4.32. The van der Waals surface area contributed by atoms with Crippen LogP contribution in [0.1, 0.15) is 21.6 Å². The third-order valence-corrected chi connectivity index (χ3v) is 6.02. The van der Waals surface area contributed by atoms with E-state index < -0.39 is 17.2 Å². The molecule has 36 heavy (non-hydrogen) atoms. The van der Waals surface area contributed by atoms with Gasteiger partial charge in [0.25, 0.3) is 5.56 Å². The standard InChI is InChI=1S/C27H23N5O4/c1-15-8-4-7-11-22(15)32-24(28-20-10-6-5-9-18(20)26(34)36-3)23(16(2)31-32)17-12-13-21-19(14-17)25(33)30-27(35)29-21/h4-14,28H,1-3H3,(H2,29,30,33,35). The number of rotatable bonds is 5. The molecule has 5 aromatic rings. The van der Waals surface area contributed by atoms with Crippen LogP contribution in [-0.2, 0) is 4.74 Å². The Labute approximate surface area is 205 Å². The SMILES string of the molecule is COC(=O)c1ccccc1Nc1c(-c2ccc3[nH]c(=O)[nH]c(=O)c3c2)c(C)nn1-c1ccccc1C. The fourth-order valence-electron chi connectivity index (χ4n) is 4.29. The number of aromatic nitrogens is 4. The van der Waals surface area contributed by atoms with E-state index in [0.29, 0.717) is 33.7 Å². The number of benzene rings is 3. The van der Waals surface area contributed by atoms with Crippen LogP contribution in [0.2, 0.25) is 0 Å². The maximum atomic E-state index is 12.5. The maximum Gasteiger partial charge on any atom is 0.339 e. The van der Waals surface area contributed by atoms with Crippen molar-refractivity contribution in [2.75, 3.05) is 12.4 Å². The molecule has 5 rings (SSSR count). The minimum Gasteiger partial charge on any atom is -0.465 e. The lowest BCUT2D eigenvalue weighted by Crippen LogP contribution is -2.21. The second-order valence-corrected chi connectivity index (χ2v) is 8.34. The van der Waals surface area contributed by atoms with Crippen molar-refractivity contribution in [1.29, 1.82) is 0 Å². The first kappa shape index (κ1) is 22.9. The molecule has 9 nitrogen and oxygen atoms in total. The molecular weight excluding hydrogens is 458 g/mol. The highest BCUT2D eigenvalue weighted by Crippen LogP contribution is 2.37. The van der Waals surface area contributed by atoms with Crippen LogP contribution in [0.15, 0.2) is 76.3 Å². The smallest absolute Gasteiger partial charge is 0.339 e. The van der Waals surface area contributed by atoms with E-state index >= 15 is 0 Å². The molecule has 0 unspecified atom stereocenters. The number of hydrogen-bond acceptors (Lipinski definition) is 6. The largest absolute Gasteiger partial charge is 0.465 e. The van der Waals surface area contributed by atoms with E-state index in [1.165, 1.54) is 7.11 Å². The highest BCUT2D eigenvalue weighted by atomic mass is 16.5. The Hall–Kier alpha value is -4.92. The van der Waals surface area contributed by atoms with Crippen molar-refractivity contribution < 1.29 is 9.53 Å². The number of carbonyl (C=O) groups is 1. The quantitative estimate of drug-likeness (QED) is 0.323. The van der Waals surface area contributed by atoms with E-state index in [2.05, 4.69) is 15.3 Å². The molecule has 3 aromatic carbocycles. The number of aromatic amines is 2. The zero-order valence-electron chi connectivity index (χ0n) is 19.9. The van der Waals surface area contributed by atoms with Gasteiger partial charge in [0.15, 0.2) is 0 Å². The van der Waals surface area contributed by atoms with E-state index in [-0.39, 0.29) is 0 Å². The summed E-state index contributed by atoms with van der Waals surface area (Å²) in [6.45, 7) is 3.87. The van der Waals surface area contributed by atoms with Gasteiger partial charge in [0.2, 0.25) is 0 Å². The number of fused-ring (bicyclic) bond motifs is 1. The molecule has 0 spiro atoms.